The highest BCUT2D eigenvalue weighted by Gasteiger charge is 2.25. The summed E-state index contributed by atoms with van der Waals surface area (Å²) in [6, 6.07) is 33.6. The number of amides is 1. The van der Waals surface area contributed by atoms with Gasteiger partial charge in [0.1, 0.15) is 0 Å². The zero-order valence-corrected chi connectivity index (χ0v) is 17.9. The molecule has 3 heteroatoms. The highest BCUT2D eigenvalue weighted by Crippen LogP contribution is 2.31. The monoisotopic (exact) mass is 416 g/mol. The van der Waals surface area contributed by atoms with Gasteiger partial charge < -0.3 is 9.80 Å². The quantitative estimate of drug-likeness (QED) is 0.324. The SMILES string of the molecule is O=C(c1c2ccccc2cc2ccccc12)N1CCN(c2cccc3ccccc23)CC1. The zero-order valence-electron chi connectivity index (χ0n) is 17.9. The lowest BCUT2D eigenvalue weighted by molar-refractivity contribution is 0.0751. The lowest BCUT2D eigenvalue weighted by Gasteiger charge is -2.37. The van der Waals surface area contributed by atoms with E-state index in [2.05, 4.69) is 77.7 Å². The van der Waals surface area contributed by atoms with E-state index in [1.54, 1.807) is 0 Å². The van der Waals surface area contributed by atoms with Crippen LogP contribution in [0, 0.1) is 0 Å². The average molecular weight is 417 g/mol. The van der Waals surface area contributed by atoms with Gasteiger partial charge in [0.15, 0.2) is 0 Å². The summed E-state index contributed by atoms with van der Waals surface area (Å²) in [6.45, 7) is 3.12. The number of benzene rings is 5. The molecular formula is C29H24N2O. The van der Waals surface area contributed by atoms with Crippen molar-refractivity contribution in [3.8, 4) is 0 Å². The molecule has 5 aromatic rings. The van der Waals surface area contributed by atoms with Gasteiger partial charge >= 0.3 is 0 Å². The molecule has 156 valence electrons. The Hall–Kier alpha value is -3.85. The third-order valence-corrected chi connectivity index (χ3v) is 6.66. The number of hydrogen-bond acceptors (Lipinski definition) is 2. The summed E-state index contributed by atoms with van der Waals surface area (Å²) >= 11 is 0. The predicted octanol–water partition coefficient (Wildman–Crippen LogP) is 6.11. The van der Waals surface area contributed by atoms with Gasteiger partial charge in [0.25, 0.3) is 5.91 Å². The summed E-state index contributed by atoms with van der Waals surface area (Å²) in [5, 5.41) is 6.83. The molecule has 1 fully saturated rings. The van der Waals surface area contributed by atoms with Gasteiger partial charge in [-0.25, -0.2) is 0 Å². The van der Waals surface area contributed by atoms with Crippen molar-refractivity contribution in [3.05, 3.63) is 103 Å². The van der Waals surface area contributed by atoms with Crippen molar-refractivity contribution in [3.63, 3.8) is 0 Å². The number of carbonyl (C=O) groups excluding carboxylic acids is 1. The topological polar surface area (TPSA) is 23.6 Å². The Morgan fingerprint density at radius 1 is 0.562 bits per heavy atom. The number of carbonyl (C=O) groups is 1. The fourth-order valence-corrected chi connectivity index (χ4v) is 5.04. The van der Waals surface area contributed by atoms with Crippen molar-refractivity contribution < 1.29 is 4.79 Å². The number of rotatable bonds is 2. The lowest BCUT2D eigenvalue weighted by atomic mass is 9.95. The summed E-state index contributed by atoms with van der Waals surface area (Å²) in [4.78, 5) is 18.2. The van der Waals surface area contributed by atoms with E-state index in [-0.39, 0.29) is 5.91 Å². The molecule has 1 aliphatic rings. The van der Waals surface area contributed by atoms with Crippen molar-refractivity contribution in [1.29, 1.82) is 0 Å². The van der Waals surface area contributed by atoms with Gasteiger partial charge in [-0.2, -0.15) is 0 Å². The van der Waals surface area contributed by atoms with E-state index >= 15 is 0 Å². The Kier molecular flexibility index (Phi) is 4.53. The molecule has 0 aromatic heterocycles. The van der Waals surface area contributed by atoms with Crippen LogP contribution in [0.3, 0.4) is 0 Å². The van der Waals surface area contributed by atoms with Crippen LogP contribution in [0.25, 0.3) is 32.3 Å². The van der Waals surface area contributed by atoms with Crippen LogP contribution in [0.5, 0.6) is 0 Å². The maximum atomic E-state index is 13.8. The normalized spacial score (nSPS) is 14.4. The van der Waals surface area contributed by atoms with Crippen molar-refractivity contribution >= 4 is 43.9 Å². The van der Waals surface area contributed by atoms with Gasteiger partial charge in [-0.15, -0.1) is 0 Å². The number of hydrogen-bond donors (Lipinski definition) is 0. The molecule has 1 heterocycles. The molecule has 1 aliphatic heterocycles. The molecule has 0 radical (unpaired) electrons. The van der Waals surface area contributed by atoms with E-state index in [4.69, 9.17) is 0 Å². The Balaban J connectivity index is 1.33. The molecule has 0 atom stereocenters. The van der Waals surface area contributed by atoms with E-state index < -0.39 is 0 Å². The second-order valence-corrected chi connectivity index (χ2v) is 8.47. The van der Waals surface area contributed by atoms with Crippen LogP contribution in [0.2, 0.25) is 0 Å². The van der Waals surface area contributed by atoms with Crippen LogP contribution in [0.4, 0.5) is 5.69 Å². The Bertz CT molecular complexity index is 1410. The van der Waals surface area contributed by atoms with Crippen LogP contribution in [-0.4, -0.2) is 37.0 Å². The molecule has 3 nitrogen and oxygen atoms in total. The average Bonchev–Trinajstić information content (AvgIpc) is 2.86. The number of fused-ring (bicyclic) bond motifs is 3. The van der Waals surface area contributed by atoms with Gasteiger partial charge in [-0.05, 0) is 39.1 Å². The first-order chi connectivity index (χ1) is 15.8. The predicted molar refractivity (Wildman–Crippen MR) is 134 cm³/mol. The molecule has 0 spiro atoms. The number of piperazine rings is 1. The van der Waals surface area contributed by atoms with Crippen LogP contribution in [0.15, 0.2) is 97.1 Å². The third-order valence-electron chi connectivity index (χ3n) is 6.66. The Labute approximate surface area is 187 Å². The summed E-state index contributed by atoms with van der Waals surface area (Å²) < 4.78 is 0. The molecule has 1 amide bonds. The molecule has 0 N–H and O–H groups in total. The second-order valence-electron chi connectivity index (χ2n) is 8.47. The van der Waals surface area contributed by atoms with E-state index in [0.29, 0.717) is 0 Å². The third kappa shape index (κ3) is 3.09. The van der Waals surface area contributed by atoms with Crippen molar-refractivity contribution in [1.82, 2.24) is 4.90 Å². The first-order valence-electron chi connectivity index (χ1n) is 11.2. The Morgan fingerprint density at radius 2 is 1.09 bits per heavy atom. The van der Waals surface area contributed by atoms with Crippen LogP contribution in [-0.2, 0) is 0 Å². The largest absolute Gasteiger partial charge is 0.367 e. The molecule has 32 heavy (non-hydrogen) atoms. The summed E-state index contributed by atoms with van der Waals surface area (Å²) in [5.41, 5.74) is 2.09. The molecule has 0 saturated carbocycles. The molecule has 1 saturated heterocycles. The first kappa shape index (κ1) is 18.9. The minimum absolute atomic E-state index is 0.135. The standard InChI is InChI=1S/C29H24N2O/c32-29(28-25-13-5-2-9-22(25)20-23-10-3-6-14-26(23)28)31-18-16-30(17-19-31)27-15-7-11-21-8-1-4-12-24(21)27/h1-15,20H,16-19H2. The molecule has 5 aromatic carbocycles. The maximum Gasteiger partial charge on any atom is 0.255 e. The minimum Gasteiger partial charge on any atom is -0.367 e. The smallest absolute Gasteiger partial charge is 0.255 e. The van der Waals surface area contributed by atoms with E-state index in [9.17, 15) is 4.79 Å². The maximum absolute atomic E-state index is 13.8. The molecule has 6 rings (SSSR count). The molecule has 0 aliphatic carbocycles. The van der Waals surface area contributed by atoms with Crippen LogP contribution >= 0.6 is 0 Å². The molecule has 0 bridgehead atoms. The lowest BCUT2D eigenvalue weighted by Crippen LogP contribution is -2.49. The summed E-state index contributed by atoms with van der Waals surface area (Å²) in [6.07, 6.45) is 0. The fourth-order valence-electron chi connectivity index (χ4n) is 5.04. The van der Waals surface area contributed by atoms with Gasteiger partial charge in [-0.1, -0.05) is 84.9 Å². The zero-order chi connectivity index (χ0) is 21.5. The second kappa shape index (κ2) is 7.69. The van der Waals surface area contributed by atoms with E-state index in [1.165, 1.54) is 16.5 Å². The van der Waals surface area contributed by atoms with Gasteiger partial charge in [-0.3, -0.25) is 4.79 Å². The molecule has 0 unspecified atom stereocenters. The van der Waals surface area contributed by atoms with Gasteiger partial charge in [0.2, 0.25) is 0 Å². The van der Waals surface area contributed by atoms with Crippen molar-refractivity contribution in [2.45, 2.75) is 0 Å². The van der Waals surface area contributed by atoms with E-state index in [0.717, 1.165) is 53.3 Å². The van der Waals surface area contributed by atoms with E-state index in [1.807, 2.05) is 29.2 Å². The first-order valence-corrected chi connectivity index (χ1v) is 11.2. The fraction of sp³-hybridized carbons (Fsp3) is 0.138. The van der Waals surface area contributed by atoms with Crippen LogP contribution < -0.4 is 4.90 Å². The highest BCUT2D eigenvalue weighted by molar-refractivity contribution is 6.18. The summed E-state index contributed by atoms with van der Waals surface area (Å²) in [7, 11) is 0. The highest BCUT2D eigenvalue weighted by atomic mass is 16.2. The number of nitrogens with zero attached hydrogens (tertiary/aromatic N) is 2. The minimum atomic E-state index is 0.135. The summed E-state index contributed by atoms with van der Waals surface area (Å²) in [5.74, 6) is 0.135. The molecular weight excluding hydrogens is 392 g/mol. The van der Waals surface area contributed by atoms with Gasteiger partial charge in [0, 0.05) is 37.3 Å². The van der Waals surface area contributed by atoms with Crippen molar-refractivity contribution in [2.24, 2.45) is 0 Å². The Morgan fingerprint density at radius 3 is 1.75 bits per heavy atom. The van der Waals surface area contributed by atoms with Crippen molar-refractivity contribution in [2.75, 3.05) is 31.1 Å². The van der Waals surface area contributed by atoms with Crippen LogP contribution in [0.1, 0.15) is 10.4 Å². The number of anilines is 1. The van der Waals surface area contributed by atoms with Gasteiger partial charge in [0.05, 0.1) is 5.56 Å².